The molecule has 0 spiro atoms. The molecule has 0 saturated carbocycles. The Kier molecular flexibility index (Phi) is 7.91. The zero-order valence-electron chi connectivity index (χ0n) is 22.6. The molecule has 226 valence electrons. The van der Waals surface area contributed by atoms with Crippen molar-refractivity contribution < 1.29 is 39.7 Å². The van der Waals surface area contributed by atoms with E-state index < -0.39 is 26.0 Å². The van der Waals surface area contributed by atoms with Crippen molar-refractivity contribution in [1.29, 1.82) is 0 Å². The van der Waals surface area contributed by atoms with Gasteiger partial charge in [0.1, 0.15) is 11.0 Å². The summed E-state index contributed by atoms with van der Waals surface area (Å²) < 4.78 is 80.6. The van der Waals surface area contributed by atoms with Crippen molar-refractivity contribution in [3.8, 4) is 5.75 Å². The third kappa shape index (κ3) is 6.18. The Labute approximate surface area is 262 Å². The average molecular weight is 675 g/mol. The molecule has 0 saturated heterocycles. The van der Waals surface area contributed by atoms with E-state index in [1.165, 1.54) is 6.07 Å². The fourth-order valence-electron chi connectivity index (χ4n) is 5.07. The molecular formula is C30H23Cl2N2O8S2+. The first-order valence-corrected chi connectivity index (χ1v) is 16.9. The Morgan fingerprint density at radius 3 is 2.39 bits per heavy atom. The summed E-state index contributed by atoms with van der Waals surface area (Å²) in [6.45, 7) is 0.113. The van der Waals surface area contributed by atoms with Crippen molar-refractivity contribution in [2.45, 2.75) is 11.4 Å². The Bertz CT molecular complexity index is 2220. The van der Waals surface area contributed by atoms with Crippen LogP contribution in [0.1, 0.15) is 11.5 Å². The van der Waals surface area contributed by atoms with Gasteiger partial charge in [0.15, 0.2) is 12.3 Å². The molecule has 14 heteroatoms. The van der Waals surface area contributed by atoms with Gasteiger partial charge in [0.05, 0.1) is 11.4 Å². The SMILES string of the molecule is O=S(=O)(O)CCN1C(=Cc2oc3ccc(Cl)cc3[n+]2C/C=C/c2cccc3cccc(S(=O)(=O)O)c23)Oc2ccc(Cl)cc21. The summed E-state index contributed by atoms with van der Waals surface area (Å²) in [4.78, 5) is 1.37. The van der Waals surface area contributed by atoms with E-state index >= 15 is 0 Å². The Morgan fingerprint density at radius 2 is 1.64 bits per heavy atom. The molecule has 0 unspecified atom stereocenters. The topological polar surface area (TPSA) is 138 Å². The Hall–Kier alpha value is -3.91. The number of aromatic nitrogens is 1. The standard InChI is InChI=1S/C30H22Cl2N2O8S2/c31-21-9-11-25-23(16-21)33(13-3-7-20-5-1-4-19-6-2-8-27(30(19)20)44(38,39)40)28(41-25)18-29-34(14-15-43(35,36)37)24-17-22(32)10-12-26(24)42-29/h1-12,16-18H,13-15H2,(H-,35,36,37,38,39,40)/p+1/b7-3+. The molecular weight excluding hydrogens is 651 g/mol. The molecule has 1 aliphatic rings. The number of hydrogen-bond donors (Lipinski definition) is 2. The number of fused-ring (bicyclic) bond motifs is 3. The zero-order chi connectivity index (χ0) is 31.2. The highest BCUT2D eigenvalue weighted by atomic mass is 35.5. The van der Waals surface area contributed by atoms with Gasteiger partial charge in [-0.3, -0.25) is 9.11 Å². The molecule has 0 radical (unpaired) electrons. The number of anilines is 1. The smallest absolute Gasteiger partial charge is 0.379 e. The highest BCUT2D eigenvalue weighted by Gasteiger charge is 2.31. The maximum Gasteiger partial charge on any atom is 0.379 e. The number of rotatable bonds is 8. The van der Waals surface area contributed by atoms with Gasteiger partial charge in [0.2, 0.25) is 11.5 Å². The van der Waals surface area contributed by atoms with Gasteiger partial charge in [0.25, 0.3) is 25.8 Å². The van der Waals surface area contributed by atoms with Crippen molar-refractivity contribution in [2.75, 3.05) is 17.2 Å². The lowest BCUT2D eigenvalue weighted by atomic mass is 10.0. The minimum Gasteiger partial charge on any atom is -0.438 e. The summed E-state index contributed by atoms with van der Waals surface area (Å²) in [5, 5.41) is 1.90. The van der Waals surface area contributed by atoms with Crippen LogP contribution in [0, 0.1) is 0 Å². The van der Waals surface area contributed by atoms with Crippen LogP contribution in [0.15, 0.2) is 94.1 Å². The quantitative estimate of drug-likeness (QED) is 0.145. The second-order valence-corrected chi connectivity index (χ2v) is 13.7. The molecule has 2 N–H and O–H groups in total. The van der Waals surface area contributed by atoms with Gasteiger partial charge in [-0.1, -0.05) is 59.6 Å². The average Bonchev–Trinajstić information content (AvgIpc) is 3.47. The molecule has 0 aliphatic carbocycles. The molecule has 44 heavy (non-hydrogen) atoms. The lowest BCUT2D eigenvalue weighted by Crippen LogP contribution is -2.35. The minimum atomic E-state index is -4.48. The molecule has 2 heterocycles. The fourth-order valence-corrected chi connectivity index (χ4v) is 6.56. The zero-order valence-corrected chi connectivity index (χ0v) is 25.7. The first-order valence-electron chi connectivity index (χ1n) is 13.1. The predicted octanol–water partition coefficient (Wildman–Crippen LogP) is 6.23. The van der Waals surface area contributed by atoms with Crippen LogP contribution in [0.4, 0.5) is 5.69 Å². The van der Waals surface area contributed by atoms with Crippen molar-refractivity contribution >= 4 is 83.1 Å². The van der Waals surface area contributed by atoms with Crippen LogP contribution in [-0.4, -0.2) is 38.2 Å². The highest BCUT2D eigenvalue weighted by molar-refractivity contribution is 7.86. The van der Waals surface area contributed by atoms with Gasteiger partial charge in [-0.05, 0) is 53.4 Å². The summed E-state index contributed by atoms with van der Waals surface area (Å²) in [6, 6.07) is 20.0. The summed E-state index contributed by atoms with van der Waals surface area (Å²) >= 11 is 12.5. The lowest BCUT2D eigenvalue weighted by Gasteiger charge is -2.16. The van der Waals surface area contributed by atoms with Gasteiger partial charge in [-0.15, -0.1) is 0 Å². The fraction of sp³-hybridized carbons (Fsp3) is 0.100. The molecule has 1 aliphatic heterocycles. The molecule has 0 amide bonds. The molecule has 5 aromatic rings. The lowest BCUT2D eigenvalue weighted by molar-refractivity contribution is -0.667. The first kappa shape index (κ1) is 30.1. The Balaban J connectivity index is 1.42. The summed E-state index contributed by atoms with van der Waals surface area (Å²) in [5.74, 6) is 0.441. The van der Waals surface area contributed by atoms with Gasteiger partial charge in [-0.25, -0.2) is 0 Å². The molecule has 1 aromatic heterocycles. The van der Waals surface area contributed by atoms with E-state index in [1.807, 2.05) is 0 Å². The summed E-state index contributed by atoms with van der Waals surface area (Å²) in [5.41, 5.74) is 2.25. The molecule has 0 bridgehead atoms. The highest BCUT2D eigenvalue weighted by Crippen LogP contribution is 2.41. The number of allylic oxidation sites excluding steroid dienone is 1. The van der Waals surface area contributed by atoms with Gasteiger partial charge >= 0.3 is 5.89 Å². The number of nitrogens with zero attached hydrogens (tertiary/aromatic N) is 2. The molecule has 4 aromatic carbocycles. The van der Waals surface area contributed by atoms with E-state index in [0.29, 0.717) is 54.8 Å². The number of ether oxygens (including phenoxy) is 1. The molecule has 0 atom stereocenters. The Morgan fingerprint density at radius 1 is 0.909 bits per heavy atom. The maximum absolute atomic E-state index is 12.1. The van der Waals surface area contributed by atoms with Crippen molar-refractivity contribution in [3.05, 3.63) is 106 Å². The molecule has 6 rings (SSSR count). The van der Waals surface area contributed by atoms with E-state index in [1.54, 1.807) is 94.4 Å². The van der Waals surface area contributed by atoms with E-state index in [0.717, 1.165) is 0 Å². The number of oxazole rings is 1. The number of benzene rings is 4. The summed E-state index contributed by atoms with van der Waals surface area (Å²) in [6.07, 6.45) is 5.13. The second-order valence-electron chi connectivity index (χ2n) is 9.88. The first-order chi connectivity index (χ1) is 20.9. The number of halogens is 2. The van der Waals surface area contributed by atoms with Crippen LogP contribution in [0.2, 0.25) is 10.0 Å². The van der Waals surface area contributed by atoms with Crippen LogP contribution in [0.5, 0.6) is 5.75 Å². The van der Waals surface area contributed by atoms with Crippen LogP contribution in [0.3, 0.4) is 0 Å². The van der Waals surface area contributed by atoms with E-state index in [-0.39, 0.29) is 23.9 Å². The van der Waals surface area contributed by atoms with E-state index in [4.69, 9.17) is 32.4 Å². The molecule has 0 fully saturated rings. The van der Waals surface area contributed by atoms with Gasteiger partial charge in [0, 0.05) is 28.0 Å². The third-order valence-electron chi connectivity index (χ3n) is 6.97. The van der Waals surface area contributed by atoms with Crippen molar-refractivity contribution in [2.24, 2.45) is 0 Å². The monoisotopic (exact) mass is 673 g/mol. The third-order valence-corrected chi connectivity index (χ3v) is 9.03. The maximum atomic E-state index is 12.1. The number of hydrogen-bond acceptors (Lipinski definition) is 7. The largest absolute Gasteiger partial charge is 0.438 e. The van der Waals surface area contributed by atoms with Crippen molar-refractivity contribution in [3.63, 3.8) is 0 Å². The predicted molar refractivity (Wildman–Crippen MR) is 168 cm³/mol. The van der Waals surface area contributed by atoms with Crippen LogP contribution >= 0.6 is 23.2 Å². The minimum absolute atomic E-state index is 0.124. The molecule has 10 nitrogen and oxygen atoms in total. The van der Waals surface area contributed by atoms with Crippen LogP contribution in [-0.2, 0) is 26.8 Å². The van der Waals surface area contributed by atoms with Gasteiger partial charge < -0.3 is 14.1 Å². The summed E-state index contributed by atoms with van der Waals surface area (Å²) in [7, 11) is -8.76. The van der Waals surface area contributed by atoms with Crippen molar-refractivity contribution in [1.82, 2.24) is 0 Å². The second kappa shape index (κ2) is 11.5. The normalized spacial score (nSPS) is 14.6. The van der Waals surface area contributed by atoms with E-state index in [9.17, 15) is 25.9 Å². The van der Waals surface area contributed by atoms with E-state index in [2.05, 4.69) is 0 Å². The van der Waals surface area contributed by atoms with Crippen LogP contribution in [0.25, 0.3) is 34.0 Å². The van der Waals surface area contributed by atoms with Crippen LogP contribution < -0.4 is 14.2 Å². The van der Waals surface area contributed by atoms with Gasteiger partial charge in [-0.2, -0.15) is 21.4 Å².